The van der Waals surface area contributed by atoms with Crippen molar-refractivity contribution in [2.75, 3.05) is 30.0 Å². The molecule has 1 amide bonds. The molecule has 2 aliphatic heterocycles. The fourth-order valence-electron chi connectivity index (χ4n) is 3.71. The van der Waals surface area contributed by atoms with Crippen molar-refractivity contribution in [3.63, 3.8) is 0 Å². The summed E-state index contributed by atoms with van der Waals surface area (Å²) in [5.41, 5.74) is 2.18. The van der Waals surface area contributed by atoms with Crippen LogP contribution in [0.15, 0.2) is 24.3 Å². The molecule has 4 nitrogen and oxygen atoms in total. The Labute approximate surface area is 139 Å². The Morgan fingerprint density at radius 2 is 1.91 bits per heavy atom. The second-order valence-electron chi connectivity index (χ2n) is 6.67. The van der Waals surface area contributed by atoms with Crippen LogP contribution in [0.1, 0.15) is 45.4 Å². The predicted molar refractivity (Wildman–Crippen MR) is 93.9 cm³/mol. The van der Waals surface area contributed by atoms with Crippen molar-refractivity contribution in [2.45, 2.75) is 51.5 Å². The number of nitrogens with zero attached hydrogens (tertiary/aromatic N) is 1. The van der Waals surface area contributed by atoms with Crippen LogP contribution >= 0.6 is 0 Å². The van der Waals surface area contributed by atoms with E-state index in [1.807, 2.05) is 12.1 Å². The maximum atomic E-state index is 12.3. The zero-order chi connectivity index (χ0) is 16.1. The first-order valence-corrected chi connectivity index (χ1v) is 9.03. The minimum absolute atomic E-state index is 0.0926. The van der Waals surface area contributed by atoms with Crippen molar-refractivity contribution in [1.82, 2.24) is 0 Å². The fraction of sp³-hybridized carbons (Fsp3) is 0.632. The molecule has 126 valence electrons. The van der Waals surface area contributed by atoms with Gasteiger partial charge in [0.25, 0.3) is 0 Å². The van der Waals surface area contributed by atoms with Gasteiger partial charge in [-0.25, -0.2) is 0 Å². The van der Waals surface area contributed by atoms with Crippen LogP contribution in [-0.4, -0.2) is 31.7 Å². The van der Waals surface area contributed by atoms with E-state index >= 15 is 0 Å². The molecule has 1 aromatic rings. The van der Waals surface area contributed by atoms with Gasteiger partial charge in [-0.3, -0.25) is 4.79 Å². The summed E-state index contributed by atoms with van der Waals surface area (Å²) in [6, 6.07) is 9.02. The number of benzene rings is 1. The molecule has 0 radical (unpaired) electrons. The maximum absolute atomic E-state index is 12.3. The van der Waals surface area contributed by atoms with E-state index in [1.54, 1.807) is 0 Å². The molecule has 1 N–H and O–H groups in total. The van der Waals surface area contributed by atoms with Crippen molar-refractivity contribution < 1.29 is 9.53 Å². The van der Waals surface area contributed by atoms with Crippen molar-refractivity contribution in [2.24, 2.45) is 5.92 Å². The molecule has 2 heterocycles. The summed E-state index contributed by atoms with van der Waals surface area (Å²) in [5, 5.41) is 3.05. The maximum Gasteiger partial charge on any atom is 0.227 e. The molecule has 0 aromatic heterocycles. The van der Waals surface area contributed by atoms with Gasteiger partial charge in [-0.15, -0.1) is 0 Å². The van der Waals surface area contributed by atoms with Gasteiger partial charge in [0.05, 0.1) is 0 Å². The number of hydrogen-bond acceptors (Lipinski definition) is 3. The molecule has 1 aromatic carbocycles. The van der Waals surface area contributed by atoms with E-state index in [2.05, 4.69) is 29.3 Å². The van der Waals surface area contributed by atoms with E-state index in [0.29, 0.717) is 19.3 Å². The summed E-state index contributed by atoms with van der Waals surface area (Å²) in [7, 11) is 0. The summed E-state index contributed by atoms with van der Waals surface area (Å²) in [6.07, 6.45) is 6.76. The van der Waals surface area contributed by atoms with Gasteiger partial charge in [-0.1, -0.05) is 6.92 Å². The van der Waals surface area contributed by atoms with Crippen LogP contribution in [0.2, 0.25) is 0 Å². The van der Waals surface area contributed by atoms with Crippen LogP contribution in [0.5, 0.6) is 0 Å². The molecule has 2 aliphatic rings. The van der Waals surface area contributed by atoms with Gasteiger partial charge in [0.1, 0.15) is 0 Å². The summed E-state index contributed by atoms with van der Waals surface area (Å²) in [5.74, 6) is 0.223. The molecule has 3 rings (SSSR count). The molecular formula is C19H28N2O2. The van der Waals surface area contributed by atoms with Gasteiger partial charge >= 0.3 is 0 Å². The highest BCUT2D eigenvalue weighted by atomic mass is 16.5. The molecule has 0 saturated carbocycles. The quantitative estimate of drug-likeness (QED) is 0.918. The van der Waals surface area contributed by atoms with Crippen LogP contribution < -0.4 is 10.2 Å². The van der Waals surface area contributed by atoms with Crippen LogP contribution in [0.3, 0.4) is 0 Å². The van der Waals surface area contributed by atoms with Crippen LogP contribution in [-0.2, 0) is 9.53 Å². The topological polar surface area (TPSA) is 41.6 Å². The van der Waals surface area contributed by atoms with E-state index in [-0.39, 0.29) is 11.8 Å². The van der Waals surface area contributed by atoms with Crippen molar-refractivity contribution in [1.29, 1.82) is 0 Å². The lowest BCUT2D eigenvalue weighted by Gasteiger charge is -2.37. The number of rotatable bonds is 4. The zero-order valence-corrected chi connectivity index (χ0v) is 14.1. The van der Waals surface area contributed by atoms with Gasteiger partial charge in [0.15, 0.2) is 0 Å². The zero-order valence-electron chi connectivity index (χ0n) is 14.1. The lowest BCUT2D eigenvalue weighted by molar-refractivity contribution is -0.122. The number of ether oxygens (including phenoxy) is 1. The Bertz CT molecular complexity index is 509. The number of nitrogens with one attached hydrogen (secondary N) is 1. The molecule has 0 aliphatic carbocycles. The standard InChI is InChI=1S/C19H28N2O2/c1-2-17-5-3-4-12-21(17)18-8-6-16(7-9-18)20-19(22)15-10-13-23-14-11-15/h6-9,15,17H,2-5,10-14H2,1H3,(H,20,22). The number of piperidine rings is 1. The summed E-state index contributed by atoms with van der Waals surface area (Å²) in [4.78, 5) is 14.8. The highest BCUT2D eigenvalue weighted by molar-refractivity contribution is 5.92. The average molecular weight is 316 g/mol. The third-order valence-electron chi connectivity index (χ3n) is 5.16. The van der Waals surface area contributed by atoms with Gasteiger partial charge in [-0.05, 0) is 62.8 Å². The summed E-state index contributed by atoms with van der Waals surface area (Å²) >= 11 is 0. The Morgan fingerprint density at radius 1 is 1.17 bits per heavy atom. The van der Waals surface area contributed by atoms with E-state index in [4.69, 9.17) is 4.74 Å². The Morgan fingerprint density at radius 3 is 2.61 bits per heavy atom. The first-order chi connectivity index (χ1) is 11.3. The summed E-state index contributed by atoms with van der Waals surface area (Å²) < 4.78 is 5.32. The van der Waals surface area contributed by atoms with E-state index < -0.39 is 0 Å². The van der Waals surface area contributed by atoms with Crippen LogP contribution in [0.25, 0.3) is 0 Å². The third-order valence-corrected chi connectivity index (χ3v) is 5.16. The first kappa shape index (κ1) is 16.3. The molecule has 2 fully saturated rings. The highest BCUT2D eigenvalue weighted by Gasteiger charge is 2.23. The molecule has 0 bridgehead atoms. The number of anilines is 2. The Hall–Kier alpha value is -1.55. The number of carbonyl (C=O) groups is 1. The largest absolute Gasteiger partial charge is 0.381 e. The minimum Gasteiger partial charge on any atom is -0.381 e. The number of hydrogen-bond donors (Lipinski definition) is 1. The van der Waals surface area contributed by atoms with Gasteiger partial charge in [0, 0.05) is 43.1 Å². The van der Waals surface area contributed by atoms with Crippen molar-refractivity contribution in [3.05, 3.63) is 24.3 Å². The molecule has 1 atom stereocenters. The highest BCUT2D eigenvalue weighted by Crippen LogP contribution is 2.27. The third kappa shape index (κ3) is 4.05. The normalized spacial score (nSPS) is 22.8. The van der Waals surface area contributed by atoms with Crippen LogP contribution in [0, 0.1) is 5.92 Å². The lowest BCUT2D eigenvalue weighted by atomic mass is 9.98. The van der Waals surface area contributed by atoms with E-state index in [1.165, 1.54) is 31.4 Å². The molecule has 1 unspecified atom stereocenters. The smallest absolute Gasteiger partial charge is 0.227 e. The molecule has 23 heavy (non-hydrogen) atoms. The van der Waals surface area contributed by atoms with Gasteiger partial charge < -0.3 is 15.0 Å². The summed E-state index contributed by atoms with van der Waals surface area (Å²) in [6.45, 7) is 4.81. The predicted octanol–water partition coefficient (Wildman–Crippen LogP) is 3.82. The molecular weight excluding hydrogens is 288 g/mol. The lowest BCUT2D eigenvalue weighted by Crippen LogP contribution is -2.39. The Balaban J connectivity index is 1.61. The van der Waals surface area contributed by atoms with Crippen molar-refractivity contribution in [3.8, 4) is 0 Å². The number of carbonyl (C=O) groups excluding carboxylic acids is 1. The minimum atomic E-state index is 0.0926. The van der Waals surface area contributed by atoms with E-state index in [9.17, 15) is 4.79 Å². The van der Waals surface area contributed by atoms with Crippen LogP contribution in [0.4, 0.5) is 11.4 Å². The second-order valence-corrected chi connectivity index (χ2v) is 6.67. The molecule has 4 heteroatoms. The fourth-order valence-corrected chi connectivity index (χ4v) is 3.71. The molecule has 0 spiro atoms. The SMILES string of the molecule is CCC1CCCCN1c1ccc(NC(=O)C2CCOCC2)cc1. The number of amides is 1. The van der Waals surface area contributed by atoms with Crippen molar-refractivity contribution >= 4 is 17.3 Å². The average Bonchev–Trinajstić information content (AvgIpc) is 2.63. The van der Waals surface area contributed by atoms with Gasteiger partial charge in [-0.2, -0.15) is 0 Å². The van der Waals surface area contributed by atoms with Gasteiger partial charge in [0.2, 0.25) is 5.91 Å². The Kier molecular flexibility index (Phi) is 5.55. The first-order valence-electron chi connectivity index (χ1n) is 9.03. The molecule has 2 saturated heterocycles. The monoisotopic (exact) mass is 316 g/mol. The second kappa shape index (κ2) is 7.82. The van der Waals surface area contributed by atoms with E-state index in [0.717, 1.165) is 25.1 Å².